The number of benzene rings is 1. The van der Waals surface area contributed by atoms with Crippen LogP contribution in [0.5, 0.6) is 0 Å². The Balaban J connectivity index is 1.96. The topological polar surface area (TPSA) is 56.8 Å². The average Bonchev–Trinajstić information content (AvgIpc) is 2.89. The number of allylic oxidation sites excluding steroid dienone is 1. The summed E-state index contributed by atoms with van der Waals surface area (Å²) in [6.45, 7) is 2.41. The molecule has 0 aromatic heterocycles. The Labute approximate surface area is 117 Å². The summed E-state index contributed by atoms with van der Waals surface area (Å²) < 4.78 is 5.74. The Morgan fingerprint density at radius 2 is 2.21 bits per heavy atom. The second-order valence-electron chi connectivity index (χ2n) is 4.40. The van der Waals surface area contributed by atoms with E-state index in [2.05, 4.69) is 5.16 Å². The number of halogens is 1. The normalized spacial score (nSPS) is 24.0. The lowest BCUT2D eigenvalue weighted by Crippen LogP contribution is -2.24. The highest BCUT2D eigenvalue weighted by atomic mass is 35.5. The number of amidine groups is 1. The van der Waals surface area contributed by atoms with E-state index in [0.29, 0.717) is 12.4 Å². The van der Waals surface area contributed by atoms with E-state index in [1.165, 1.54) is 6.26 Å². The van der Waals surface area contributed by atoms with Crippen molar-refractivity contribution in [3.63, 3.8) is 0 Å². The largest absolute Gasteiger partial charge is 0.384 e. The summed E-state index contributed by atoms with van der Waals surface area (Å²) in [5.74, 6) is 0.556. The highest BCUT2D eigenvalue weighted by Gasteiger charge is 2.29. The van der Waals surface area contributed by atoms with Crippen LogP contribution < -0.4 is 5.73 Å². The molecule has 2 rings (SSSR count). The predicted molar refractivity (Wildman–Crippen MR) is 75.8 cm³/mol. The van der Waals surface area contributed by atoms with Crippen LogP contribution in [0, 0.1) is 5.92 Å². The third-order valence-corrected chi connectivity index (χ3v) is 3.26. The third-order valence-electron chi connectivity index (χ3n) is 3.01. The lowest BCUT2D eigenvalue weighted by atomic mass is 10.00. The van der Waals surface area contributed by atoms with E-state index in [1.54, 1.807) is 6.08 Å². The standard InChI is InChI=1S/C14H17ClN2O2/c1-2-7-19-17-14(16)11-8-13(18-9-11)10-3-5-12(15)6-4-10/h2-7,11,13H,8-9H2,1H3,(H2,16,17)/b7-2+/t11-,13+/m0/s1. The van der Waals surface area contributed by atoms with E-state index >= 15 is 0 Å². The van der Waals surface area contributed by atoms with Gasteiger partial charge in [0, 0.05) is 10.9 Å². The average molecular weight is 281 g/mol. The van der Waals surface area contributed by atoms with Crippen LogP contribution in [-0.2, 0) is 9.57 Å². The first-order valence-electron chi connectivity index (χ1n) is 6.18. The van der Waals surface area contributed by atoms with Crippen LogP contribution in [-0.4, -0.2) is 12.4 Å². The fraction of sp³-hybridized carbons (Fsp3) is 0.357. The van der Waals surface area contributed by atoms with Gasteiger partial charge in [0.05, 0.1) is 12.7 Å². The van der Waals surface area contributed by atoms with Gasteiger partial charge in [0.25, 0.3) is 0 Å². The molecule has 0 amide bonds. The lowest BCUT2D eigenvalue weighted by Gasteiger charge is -2.09. The molecule has 0 saturated carbocycles. The van der Waals surface area contributed by atoms with Gasteiger partial charge in [-0.1, -0.05) is 28.9 Å². The summed E-state index contributed by atoms with van der Waals surface area (Å²) in [6.07, 6.45) is 4.08. The fourth-order valence-corrected chi connectivity index (χ4v) is 2.10. The molecule has 5 heteroatoms. The molecule has 2 N–H and O–H groups in total. The number of rotatable bonds is 4. The van der Waals surface area contributed by atoms with Crippen molar-refractivity contribution in [1.82, 2.24) is 0 Å². The molecule has 19 heavy (non-hydrogen) atoms. The Hall–Kier alpha value is -1.52. The predicted octanol–water partition coefficient (Wildman–Crippen LogP) is 3.24. The lowest BCUT2D eigenvalue weighted by molar-refractivity contribution is 0.110. The van der Waals surface area contributed by atoms with Gasteiger partial charge in [-0.2, -0.15) is 0 Å². The molecule has 1 fully saturated rings. The number of nitrogens with two attached hydrogens (primary N) is 1. The number of hydrogen-bond donors (Lipinski definition) is 1. The maximum Gasteiger partial charge on any atom is 0.145 e. The van der Waals surface area contributed by atoms with Gasteiger partial charge < -0.3 is 15.3 Å². The summed E-state index contributed by atoms with van der Waals surface area (Å²) in [4.78, 5) is 4.92. The highest BCUT2D eigenvalue weighted by Crippen LogP contribution is 2.32. The van der Waals surface area contributed by atoms with Gasteiger partial charge in [-0.25, -0.2) is 0 Å². The Morgan fingerprint density at radius 1 is 1.47 bits per heavy atom. The first-order valence-corrected chi connectivity index (χ1v) is 6.56. The number of oxime groups is 1. The van der Waals surface area contributed by atoms with Gasteiger partial charge in [0.15, 0.2) is 0 Å². The summed E-state index contributed by atoms with van der Waals surface area (Å²) in [5.41, 5.74) is 6.98. The SMILES string of the molecule is C/C=C/O/N=C(\N)[C@@H]1CO[C@@H](c2ccc(Cl)cc2)C1. The van der Waals surface area contributed by atoms with Gasteiger partial charge in [-0.05, 0) is 37.1 Å². The number of hydrogen-bond acceptors (Lipinski definition) is 3. The number of ether oxygens (including phenoxy) is 1. The van der Waals surface area contributed by atoms with Crippen molar-refractivity contribution in [3.8, 4) is 0 Å². The zero-order valence-electron chi connectivity index (χ0n) is 10.8. The van der Waals surface area contributed by atoms with Crippen LogP contribution in [0.2, 0.25) is 5.02 Å². The van der Waals surface area contributed by atoms with Crippen molar-refractivity contribution >= 4 is 17.4 Å². The van der Waals surface area contributed by atoms with Gasteiger partial charge >= 0.3 is 0 Å². The summed E-state index contributed by atoms with van der Waals surface area (Å²) in [6, 6.07) is 7.67. The smallest absolute Gasteiger partial charge is 0.145 e. The minimum Gasteiger partial charge on any atom is -0.384 e. The van der Waals surface area contributed by atoms with E-state index in [9.17, 15) is 0 Å². The quantitative estimate of drug-likeness (QED) is 0.399. The van der Waals surface area contributed by atoms with Gasteiger partial charge in [-0.15, -0.1) is 0 Å². The van der Waals surface area contributed by atoms with E-state index in [-0.39, 0.29) is 12.0 Å². The minimum atomic E-state index is 0.0396. The molecule has 2 atom stereocenters. The summed E-state index contributed by atoms with van der Waals surface area (Å²) in [5, 5.41) is 4.57. The maximum absolute atomic E-state index is 5.87. The molecule has 1 aromatic carbocycles. The molecule has 0 aliphatic carbocycles. The molecule has 4 nitrogen and oxygen atoms in total. The zero-order valence-corrected chi connectivity index (χ0v) is 11.5. The molecule has 0 radical (unpaired) electrons. The first kappa shape index (κ1) is 13.9. The van der Waals surface area contributed by atoms with Crippen molar-refractivity contribution in [2.75, 3.05) is 6.61 Å². The van der Waals surface area contributed by atoms with E-state index in [4.69, 9.17) is 26.9 Å². The van der Waals surface area contributed by atoms with Crippen LogP contribution >= 0.6 is 11.6 Å². The summed E-state index contributed by atoms with van der Waals surface area (Å²) in [7, 11) is 0. The minimum absolute atomic E-state index is 0.0396. The molecule has 102 valence electrons. The van der Waals surface area contributed by atoms with E-state index in [1.807, 2.05) is 31.2 Å². The van der Waals surface area contributed by atoms with Gasteiger partial charge in [0.2, 0.25) is 0 Å². The molecule has 0 bridgehead atoms. The molecule has 0 unspecified atom stereocenters. The van der Waals surface area contributed by atoms with Crippen LogP contribution in [0.25, 0.3) is 0 Å². The molecular weight excluding hydrogens is 264 g/mol. The molecular formula is C14H17ClN2O2. The number of nitrogens with zero attached hydrogens (tertiary/aromatic N) is 1. The van der Waals surface area contributed by atoms with Crippen LogP contribution in [0.3, 0.4) is 0 Å². The second kappa shape index (κ2) is 6.59. The molecule has 1 heterocycles. The molecule has 0 spiro atoms. The third kappa shape index (κ3) is 3.72. The Bertz CT molecular complexity index is 471. The van der Waals surface area contributed by atoms with Gasteiger partial charge in [0.1, 0.15) is 12.1 Å². The summed E-state index contributed by atoms with van der Waals surface area (Å²) >= 11 is 5.87. The molecule has 1 aliphatic heterocycles. The molecule has 1 saturated heterocycles. The van der Waals surface area contributed by atoms with E-state index < -0.39 is 0 Å². The Kier molecular flexibility index (Phi) is 4.82. The van der Waals surface area contributed by atoms with E-state index in [0.717, 1.165) is 17.0 Å². The zero-order chi connectivity index (χ0) is 13.7. The first-order chi connectivity index (χ1) is 9.20. The monoisotopic (exact) mass is 280 g/mol. The van der Waals surface area contributed by atoms with Crippen molar-refractivity contribution in [2.24, 2.45) is 16.8 Å². The Morgan fingerprint density at radius 3 is 2.89 bits per heavy atom. The van der Waals surface area contributed by atoms with Crippen LogP contribution in [0.4, 0.5) is 0 Å². The highest BCUT2D eigenvalue weighted by molar-refractivity contribution is 6.30. The van der Waals surface area contributed by atoms with Crippen LogP contribution in [0.1, 0.15) is 25.0 Å². The van der Waals surface area contributed by atoms with Crippen LogP contribution in [0.15, 0.2) is 41.8 Å². The van der Waals surface area contributed by atoms with Gasteiger partial charge in [-0.3, -0.25) is 0 Å². The van der Waals surface area contributed by atoms with Crippen molar-refractivity contribution in [1.29, 1.82) is 0 Å². The molecule has 1 aliphatic rings. The van der Waals surface area contributed by atoms with Crippen molar-refractivity contribution in [2.45, 2.75) is 19.4 Å². The fourth-order valence-electron chi connectivity index (χ4n) is 1.97. The van der Waals surface area contributed by atoms with Crippen molar-refractivity contribution in [3.05, 3.63) is 47.2 Å². The molecule has 1 aromatic rings. The van der Waals surface area contributed by atoms with Crippen molar-refractivity contribution < 1.29 is 9.57 Å². The maximum atomic E-state index is 5.87. The second-order valence-corrected chi connectivity index (χ2v) is 4.83.